The number of para-hydroxylation sites is 1. The van der Waals surface area contributed by atoms with E-state index in [1.165, 1.54) is 0 Å². The highest BCUT2D eigenvalue weighted by molar-refractivity contribution is 5.79. The van der Waals surface area contributed by atoms with Gasteiger partial charge in [-0.05, 0) is 32.4 Å². The molecule has 2 rings (SSSR count). The summed E-state index contributed by atoms with van der Waals surface area (Å²) in [6, 6.07) is 9.70. The molecule has 0 aliphatic carbocycles. The second-order valence-electron chi connectivity index (χ2n) is 5.63. The smallest absolute Gasteiger partial charge is 0.224 e. The summed E-state index contributed by atoms with van der Waals surface area (Å²) < 4.78 is 5.89. The fourth-order valence-corrected chi connectivity index (χ4v) is 2.53. The average molecular weight is 288 g/mol. The van der Waals surface area contributed by atoms with Crippen molar-refractivity contribution in [1.29, 1.82) is 0 Å². The van der Waals surface area contributed by atoms with E-state index in [2.05, 4.69) is 6.92 Å². The summed E-state index contributed by atoms with van der Waals surface area (Å²) in [5, 5.41) is 1.07. The maximum absolute atomic E-state index is 12.4. The van der Waals surface area contributed by atoms with Crippen LogP contribution in [0.1, 0.15) is 45.4 Å². The van der Waals surface area contributed by atoms with Gasteiger partial charge in [-0.2, -0.15) is 0 Å². The number of nitrogens with two attached hydrogens (primary N) is 1. The topological polar surface area (TPSA) is 59.5 Å². The second kappa shape index (κ2) is 6.76. The molecule has 0 saturated carbocycles. The van der Waals surface area contributed by atoms with Gasteiger partial charge in [0.2, 0.25) is 5.91 Å². The van der Waals surface area contributed by atoms with Gasteiger partial charge >= 0.3 is 0 Å². The molecule has 2 aromatic rings. The Balaban J connectivity index is 2.24. The number of hydrogen-bond acceptors (Lipinski definition) is 3. The number of hydrogen-bond donors (Lipinski definition) is 1. The van der Waals surface area contributed by atoms with E-state index in [1.54, 1.807) is 0 Å². The van der Waals surface area contributed by atoms with Crippen LogP contribution in [-0.4, -0.2) is 23.4 Å². The number of amides is 1. The second-order valence-corrected chi connectivity index (χ2v) is 5.63. The molecule has 1 aromatic heterocycles. The van der Waals surface area contributed by atoms with Crippen LogP contribution in [0.5, 0.6) is 0 Å². The minimum absolute atomic E-state index is 0.0800. The highest BCUT2D eigenvalue weighted by atomic mass is 16.3. The summed E-state index contributed by atoms with van der Waals surface area (Å²) >= 11 is 0. The summed E-state index contributed by atoms with van der Waals surface area (Å²) in [4.78, 5) is 14.2. The molecule has 2 atom stereocenters. The predicted molar refractivity (Wildman–Crippen MR) is 84.9 cm³/mol. The highest BCUT2D eigenvalue weighted by Crippen LogP contribution is 2.28. The van der Waals surface area contributed by atoms with E-state index in [-0.39, 0.29) is 18.0 Å². The fourth-order valence-electron chi connectivity index (χ4n) is 2.53. The Hall–Kier alpha value is -1.81. The molecule has 1 amide bonds. The zero-order chi connectivity index (χ0) is 15.4. The third-order valence-corrected chi connectivity index (χ3v) is 3.61. The van der Waals surface area contributed by atoms with E-state index >= 15 is 0 Å². The molecule has 4 nitrogen and oxygen atoms in total. The first-order chi connectivity index (χ1) is 10.0. The normalized spacial score (nSPS) is 14.1. The molecule has 0 fully saturated rings. The number of benzene rings is 1. The van der Waals surface area contributed by atoms with Crippen LogP contribution in [0, 0.1) is 0 Å². The lowest BCUT2D eigenvalue weighted by Crippen LogP contribution is -2.37. The van der Waals surface area contributed by atoms with Crippen LogP contribution >= 0.6 is 0 Å². The van der Waals surface area contributed by atoms with Crippen molar-refractivity contribution in [3.8, 4) is 0 Å². The van der Waals surface area contributed by atoms with E-state index in [9.17, 15) is 4.79 Å². The summed E-state index contributed by atoms with van der Waals surface area (Å²) in [6.07, 6.45) is 1.28. The molecule has 2 unspecified atom stereocenters. The Morgan fingerprint density at radius 1 is 1.33 bits per heavy atom. The number of fused-ring (bicyclic) bond motifs is 1. The van der Waals surface area contributed by atoms with Crippen molar-refractivity contribution in [3.05, 3.63) is 36.1 Å². The Bertz CT molecular complexity index is 571. The molecule has 0 radical (unpaired) electrons. The van der Waals surface area contributed by atoms with E-state index in [0.717, 1.165) is 23.2 Å². The molecular weight excluding hydrogens is 264 g/mol. The Morgan fingerprint density at radius 2 is 2.05 bits per heavy atom. The van der Waals surface area contributed by atoms with Gasteiger partial charge in [0.15, 0.2) is 0 Å². The summed E-state index contributed by atoms with van der Waals surface area (Å²) in [6.45, 7) is 6.64. The minimum atomic E-state index is -0.125. The van der Waals surface area contributed by atoms with Crippen LogP contribution in [0.2, 0.25) is 0 Å². The Kier molecular flexibility index (Phi) is 5.02. The lowest BCUT2D eigenvalue weighted by Gasteiger charge is -2.28. The maximum atomic E-state index is 12.4. The molecule has 0 saturated heterocycles. The largest absolute Gasteiger partial charge is 0.459 e. The molecule has 1 heterocycles. The van der Waals surface area contributed by atoms with Crippen molar-refractivity contribution in [2.45, 2.75) is 45.7 Å². The molecule has 0 aliphatic heterocycles. The summed E-state index contributed by atoms with van der Waals surface area (Å²) in [5.41, 5.74) is 6.61. The van der Waals surface area contributed by atoms with Gasteiger partial charge in [0.1, 0.15) is 11.3 Å². The van der Waals surface area contributed by atoms with Crippen molar-refractivity contribution in [3.63, 3.8) is 0 Å². The van der Waals surface area contributed by atoms with Gasteiger partial charge < -0.3 is 15.1 Å². The SMILES string of the molecule is CCCN(C(=O)CC(C)N)C(C)c1cc2ccccc2o1. The number of nitrogens with zero attached hydrogens (tertiary/aromatic N) is 1. The lowest BCUT2D eigenvalue weighted by molar-refractivity contribution is -0.134. The van der Waals surface area contributed by atoms with Crippen LogP contribution in [0.15, 0.2) is 34.7 Å². The molecule has 114 valence electrons. The first-order valence-corrected chi connectivity index (χ1v) is 7.56. The minimum Gasteiger partial charge on any atom is -0.459 e. The molecule has 0 spiro atoms. The van der Waals surface area contributed by atoms with Gasteiger partial charge in [0.05, 0.1) is 6.04 Å². The molecule has 2 N–H and O–H groups in total. The van der Waals surface area contributed by atoms with Crippen molar-refractivity contribution in [2.75, 3.05) is 6.54 Å². The third kappa shape index (κ3) is 3.64. The van der Waals surface area contributed by atoms with Gasteiger partial charge in [0.25, 0.3) is 0 Å². The lowest BCUT2D eigenvalue weighted by atomic mass is 10.1. The average Bonchev–Trinajstić information content (AvgIpc) is 2.87. The van der Waals surface area contributed by atoms with Crippen LogP contribution in [0.3, 0.4) is 0 Å². The molecule has 1 aromatic carbocycles. The monoisotopic (exact) mass is 288 g/mol. The van der Waals surface area contributed by atoms with E-state index in [1.807, 2.05) is 49.1 Å². The van der Waals surface area contributed by atoms with Crippen molar-refractivity contribution < 1.29 is 9.21 Å². The van der Waals surface area contributed by atoms with Crippen LogP contribution in [0.4, 0.5) is 0 Å². The third-order valence-electron chi connectivity index (χ3n) is 3.61. The van der Waals surface area contributed by atoms with Gasteiger partial charge in [-0.25, -0.2) is 0 Å². The first kappa shape index (κ1) is 15.6. The van der Waals surface area contributed by atoms with E-state index in [4.69, 9.17) is 10.2 Å². The molecule has 0 aliphatic rings. The molecule has 4 heteroatoms. The first-order valence-electron chi connectivity index (χ1n) is 7.56. The molecule has 0 bridgehead atoms. The van der Waals surface area contributed by atoms with Crippen molar-refractivity contribution in [1.82, 2.24) is 4.90 Å². The number of carbonyl (C=O) groups excluding carboxylic acids is 1. The maximum Gasteiger partial charge on any atom is 0.224 e. The zero-order valence-corrected chi connectivity index (χ0v) is 13.0. The van der Waals surface area contributed by atoms with Crippen LogP contribution in [-0.2, 0) is 4.79 Å². The van der Waals surface area contributed by atoms with Gasteiger partial charge in [-0.3, -0.25) is 4.79 Å². The highest BCUT2D eigenvalue weighted by Gasteiger charge is 2.24. The number of rotatable bonds is 6. The van der Waals surface area contributed by atoms with Gasteiger partial charge in [-0.1, -0.05) is 25.1 Å². The van der Waals surface area contributed by atoms with Gasteiger partial charge in [0, 0.05) is 24.4 Å². The quantitative estimate of drug-likeness (QED) is 0.885. The van der Waals surface area contributed by atoms with Crippen LogP contribution in [0.25, 0.3) is 11.0 Å². The van der Waals surface area contributed by atoms with Gasteiger partial charge in [-0.15, -0.1) is 0 Å². The van der Waals surface area contributed by atoms with E-state index < -0.39 is 0 Å². The van der Waals surface area contributed by atoms with E-state index in [0.29, 0.717) is 13.0 Å². The zero-order valence-electron chi connectivity index (χ0n) is 13.0. The number of furan rings is 1. The van der Waals surface area contributed by atoms with Crippen molar-refractivity contribution in [2.24, 2.45) is 5.73 Å². The van der Waals surface area contributed by atoms with Crippen LogP contribution < -0.4 is 5.73 Å². The Morgan fingerprint density at radius 3 is 2.67 bits per heavy atom. The molecular formula is C17H24N2O2. The Labute approximate surface area is 125 Å². The fraction of sp³-hybridized carbons (Fsp3) is 0.471. The number of carbonyl (C=O) groups is 1. The standard InChI is InChI=1S/C17H24N2O2/c1-4-9-19(17(20)10-12(2)18)13(3)16-11-14-7-5-6-8-15(14)21-16/h5-8,11-13H,4,9-10,18H2,1-3H3. The van der Waals surface area contributed by atoms with Crippen molar-refractivity contribution >= 4 is 16.9 Å². The summed E-state index contributed by atoms with van der Waals surface area (Å²) in [5.74, 6) is 0.905. The predicted octanol–water partition coefficient (Wildman–Crippen LogP) is 3.47. The molecule has 21 heavy (non-hydrogen) atoms. The summed E-state index contributed by atoms with van der Waals surface area (Å²) in [7, 11) is 0.